The van der Waals surface area contributed by atoms with Gasteiger partial charge >= 0.3 is 11.9 Å². The molecular formula is C57H110O5. The van der Waals surface area contributed by atoms with E-state index in [2.05, 4.69) is 32.9 Å². The zero-order valence-corrected chi connectivity index (χ0v) is 42.4. The van der Waals surface area contributed by atoms with Gasteiger partial charge in [-0.25, -0.2) is 0 Å². The lowest BCUT2D eigenvalue weighted by Gasteiger charge is -2.18. The molecule has 0 aromatic heterocycles. The average molecular weight is 876 g/mol. The van der Waals surface area contributed by atoms with E-state index in [-0.39, 0.29) is 18.5 Å². The second-order valence-electron chi connectivity index (χ2n) is 19.2. The summed E-state index contributed by atoms with van der Waals surface area (Å²) in [5, 5.41) is 0. The van der Waals surface area contributed by atoms with Gasteiger partial charge in [-0.2, -0.15) is 0 Å². The molecule has 0 aliphatic heterocycles. The zero-order chi connectivity index (χ0) is 44.9. The SMILES string of the molecule is CCCCCCCC/C=C\CCCCCCCCCCCCOCC(COC(=O)CCCCCCCCCCCCCCCCCCC)OC(=O)CCCCCCCCCCC. The van der Waals surface area contributed by atoms with Gasteiger partial charge < -0.3 is 14.2 Å². The number of hydrogen-bond acceptors (Lipinski definition) is 5. The van der Waals surface area contributed by atoms with Crippen molar-refractivity contribution in [1.29, 1.82) is 0 Å². The standard InChI is InChI=1S/C57H110O5/c1-4-7-10-13-16-19-21-23-25-27-28-29-31-33-35-37-40-43-46-49-52-60-53-55(62-57(59)51-48-45-42-38-18-15-12-9-6-3)54-61-56(58)50-47-44-41-39-36-34-32-30-26-24-22-20-17-14-11-8-5-2/h23,25,55H,4-22,24,26-54H2,1-3H3/b25-23-. The van der Waals surface area contributed by atoms with Crippen LogP contribution in [0.25, 0.3) is 0 Å². The van der Waals surface area contributed by atoms with Crippen LogP contribution in [0.3, 0.4) is 0 Å². The van der Waals surface area contributed by atoms with Gasteiger partial charge in [0.2, 0.25) is 0 Å². The third-order valence-corrected chi connectivity index (χ3v) is 12.8. The summed E-state index contributed by atoms with van der Waals surface area (Å²) in [7, 11) is 0. The van der Waals surface area contributed by atoms with Crippen molar-refractivity contribution in [2.75, 3.05) is 19.8 Å². The van der Waals surface area contributed by atoms with Crippen LogP contribution in [0.1, 0.15) is 316 Å². The maximum Gasteiger partial charge on any atom is 0.306 e. The first-order chi connectivity index (χ1) is 30.6. The molecule has 0 aliphatic rings. The first-order valence-electron chi connectivity index (χ1n) is 28.2. The van der Waals surface area contributed by atoms with Crippen LogP contribution in [0.5, 0.6) is 0 Å². The molecule has 5 heteroatoms. The Bertz CT molecular complexity index is 902. The van der Waals surface area contributed by atoms with Crippen LogP contribution >= 0.6 is 0 Å². The van der Waals surface area contributed by atoms with Gasteiger partial charge in [0.15, 0.2) is 6.10 Å². The minimum absolute atomic E-state index is 0.0945. The molecule has 0 aliphatic carbocycles. The minimum Gasteiger partial charge on any atom is -0.462 e. The van der Waals surface area contributed by atoms with E-state index in [9.17, 15) is 9.59 Å². The van der Waals surface area contributed by atoms with Crippen LogP contribution in [0.2, 0.25) is 0 Å². The van der Waals surface area contributed by atoms with Gasteiger partial charge in [-0.05, 0) is 44.9 Å². The van der Waals surface area contributed by atoms with Crippen LogP contribution in [-0.2, 0) is 23.8 Å². The Morgan fingerprint density at radius 1 is 0.339 bits per heavy atom. The van der Waals surface area contributed by atoms with Crippen molar-refractivity contribution in [2.45, 2.75) is 322 Å². The van der Waals surface area contributed by atoms with E-state index in [1.54, 1.807) is 0 Å². The molecule has 0 N–H and O–H groups in total. The summed E-state index contributed by atoms with van der Waals surface area (Å²) < 4.78 is 17.4. The molecule has 0 aromatic rings. The van der Waals surface area contributed by atoms with E-state index < -0.39 is 6.10 Å². The molecule has 0 saturated carbocycles. The highest BCUT2D eigenvalue weighted by atomic mass is 16.6. The largest absolute Gasteiger partial charge is 0.462 e. The van der Waals surface area contributed by atoms with E-state index in [4.69, 9.17) is 14.2 Å². The Morgan fingerprint density at radius 2 is 0.629 bits per heavy atom. The first kappa shape index (κ1) is 60.6. The molecule has 62 heavy (non-hydrogen) atoms. The quantitative estimate of drug-likeness (QED) is 0.0346. The normalized spacial score (nSPS) is 12.1. The third kappa shape index (κ3) is 51.3. The molecule has 0 amide bonds. The van der Waals surface area contributed by atoms with Crippen LogP contribution in [-0.4, -0.2) is 37.9 Å². The number of unbranched alkanes of at least 4 members (excludes halogenated alkanes) is 40. The van der Waals surface area contributed by atoms with Crippen LogP contribution in [0.4, 0.5) is 0 Å². The van der Waals surface area contributed by atoms with Crippen molar-refractivity contribution in [3.05, 3.63) is 12.2 Å². The summed E-state index contributed by atoms with van der Waals surface area (Å²) in [6.07, 6.45) is 62.4. The molecule has 5 nitrogen and oxygen atoms in total. The monoisotopic (exact) mass is 875 g/mol. The van der Waals surface area contributed by atoms with E-state index >= 15 is 0 Å². The van der Waals surface area contributed by atoms with Gasteiger partial charge in [-0.15, -0.1) is 0 Å². The van der Waals surface area contributed by atoms with Crippen molar-refractivity contribution in [1.82, 2.24) is 0 Å². The van der Waals surface area contributed by atoms with Crippen LogP contribution in [0.15, 0.2) is 12.2 Å². The molecule has 0 aromatic carbocycles. The summed E-state index contributed by atoms with van der Waals surface area (Å²) in [6.45, 7) is 7.88. The molecule has 0 radical (unpaired) electrons. The second-order valence-corrected chi connectivity index (χ2v) is 19.2. The van der Waals surface area contributed by atoms with Gasteiger partial charge in [0.05, 0.1) is 6.61 Å². The van der Waals surface area contributed by atoms with Gasteiger partial charge in [0.1, 0.15) is 6.61 Å². The maximum atomic E-state index is 12.8. The van der Waals surface area contributed by atoms with E-state index in [1.807, 2.05) is 0 Å². The lowest BCUT2D eigenvalue weighted by Crippen LogP contribution is -2.30. The number of esters is 2. The fourth-order valence-electron chi connectivity index (χ4n) is 8.57. The number of rotatable bonds is 53. The summed E-state index contributed by atoms with van der Waals surface area (Å²) in [4.78, 5) is 25.4. The summed E-state index contributed by atoms with van der Waals surface area (Å²) in [5.74, 6) is -0.376. The van der Waals surface area contributed by atoms with Crippen LogP contribution in [0, 0.1) is 0 Å². The van der Waals surface area contributed by atoms with E-state index in [0.717, 1.165) is 32.1 Å². The summed E-state index contributed by atoms with van der Waals surface area (Å²) in [5.41, 5.74) is 0. The predicted octanol–water partition coefficient (Wildman–Crippen LogP) is 19.0. The van der Waals surface area contributed by atoms with Crippen molar-refractivity contribution >= 4 is 11.9 Å². The smallest absolute Gasteiger partial charge is 0.306 e. The minimum atomic E-state index is -0.526. The summed E-state index contributed by atoms with van der Waals surface area (Å²) in [6, 6.07) is 0. The second kappa shape index (κ2) is 54.0. The molecule has 1 atom stereocenters. The molecular weight excluding hydrogens is 765 g/mol. The molecule has 0 rings (SSSR count). The van der Waals surface area contributed by atoms with Gasteiger partial charge in [0.25, 0.3) is 0 Å². The lowest BCUT2D eigenvalue weighted by molar-refractivity contribution is -0.163. The third-order valence-electron chi connectivity index (χ3n) is 12.8. The number of hydrogen-bond donors (Lipinski definition) is 0. The molecule has 1 unspecified atom stereocenters. The highest BCUT2D eigenvalue weighted by Crippen LogP contribution is 2.17. The van der Waals surface area contributed by atoms with Gasteiger partial charge in [-0.1, -0.05) is 270 Å². The maximum absolute atomic E-state index is 12.8. The van der Waals surface area contributed by atoms with Crippen LogP contribution < -0.4 is 0 Å². The highest BCUT2D eigenvalue weighted by Gasteiger charge is 2.17. The Balaban J connectivity index is 4.09. The van der Waals surface area contributed by atoms with Gasteiger partial charge in [0, 0.05) is 19.4 Å². The van der Waals surface area contributed by atoms with Crippen molar-refractivity contribution in [2.24, 2.45) is 0 Å². The topological polar surface area (TPSA) is 61.8 Å². The zero-order valence-electron chi connectivity index (χ0n) is 42.4. The molecule has 0 spiro atoms. The molecule has 0 saturated heterocycles. The van der Waals surface area contributed by atoms with Crippen molar-refractivity contribution in [3.8, 4) is 0 Å². The number of carbonyl (C=O) groups is 2. The van der Waals surface area contributed by atoms with E-state index in [1.165, 1.54) is 250 Å². The van der Waals surface area contributed by atoms with Gasteiger partial charge in [-0.3, -0.25) is 9.59 Å². The first-order valence-corrected chi connectivity index (χ1v) is 28.2. The Hall–Kier alpha value is -1.36. The summed E-state index contributed by atoms with van der Waals surface area (Å²) >= 11 is 0. The number of allylic oxidation sites excluding steroid dienone is 2. The van der Waals surface area contributed by atoms with E-state index in [0.29, 0.717) is 26.1 Å². The fraction of sp³-hybridized carbons (Fsp3) is 0.930. The number of ether oxygens (including phenoxy) is 3. The van der Waals surface area contributed by atoms with Crippen molar-refractivity contribution < 1.29 is 23.8 Å². The average Bonchev–Trinajstić information content (AvgIpc) is 3.27. The molecule has 0 fully saturated rings. The highest BCUT2D eigenvalue weighted by molar-refractivity contribution is 5.70. The Morgan fingerprint density at radius 3 is 0.984 bits per heavy atom. The fourth-order valence-corrected chi connectivity index (χ4v) is 8.57. The molecule has 0 bridgehead atoms. The lowest BCUT2D eigenvalue weighted by atomic mass is 10.0. The molecule has 0 heterocycles. The number of carbonyl (C=O) groups excluding carboxylic acids is 2. The predicted molar refractivity (Wildman–Crippen MR) is 270 cm³/mol. The van der Waals surface area contributed by atoms with Crippen molar-refractivity contribution in [3.63, 3.8) is 0 Å². The Kier molecular flexibility index (Phi) is 52.8. The Labute approximate surface area is 388 Å². The molecule has 368 valence electrons.